The van der Waals surface area contributed by atoms with Gasteiger partial charge in [0.15, 0.2) is 0 Å². The van der Waals surface area contributed by atoms with Gasteiger partial charge in [-0.3, -0.25) is 14.7 Å². The van der Waals surface area contributed by atoms with Crippen molar-refractivity contribution in [3.8, 4) is 11.3 Å². The number of anilines is 1. The first-order valence-corrected chi connectivity index (χ1v) is 16.9. The van der Waals surface area contributed by atoms with Crippen molar-refractivity contribution in [1.82, 2.24) is 29.7 Å². The molecule has 8 nitrogen and oxygen atoms in total. The number of amides is 1. The van der Waals surface area contributed by atoms with Crippen LogP contribution in [0.15, 0.2) is 73.1 Å². The molecule has 1 amide bonds. The van der Waals surface area contributed by atoms with Crippen LogP contribution in [0.1, 0.15) is 53.7 Å². The summed E-state index contributed by atoms with van der Waals surface area (Å²) in [7, 11) is 4.13. The van der Waals surface area contributed by atoms with Gasteiger partial charge < -0.3 is 20.1 Å². The SMILES string of the molecule is CN1CCC(CNC(=O)c2cc3cc(-c4cc(NCc5ccc(CN6CCCCC6)cc5)c5cnccc5n4)ccc3n2C)CC1. The van der Waals surface area contributed by atoms with E-state index in [1.165, 1.54) is 43.5 Å². The third kappa shape index (κ3) is 6.78. The average molecular weight is 616 g/mol. The second kappa shape index (κ2) is 13.6. The van der Waals surface area contributed by atoms with Crippen molar-refractivity contribution in [3.05, 3.63) is 89.9 Å². The Morgan fingerprint density at radius 2 is 1.67 bits per heavy atom. The zero-order valence-electron chi connectivity index (χ0n) is 27.1. The van der Waals surface area contributed by atoms with Crippen LogP contribution in [0.3, 0.4) is 0 Å². The second-order valence-electron chi connectivity index (χ2n) is 13.3. The number of pyridine rings is 2. The number of benzene rings is 2. The lowest BCUT2D eigenvalue weighted by molar-refractivity contribution is 0.0931. The zero-order valence-corrected chi connectivity index (χ0v) is 27.1. The number of carbonyl (C=O) groups is 1. The minimum Gasteiger partial charge on any atom is -0.380 e. The number of aryl methyl sites for hydroxylation is 1. The number of nitrogens with one attached hydrogen (secondary N) is 2. The molecule has 0 saturated carbocycles. The van der Waals surface area contributed by atoms with E-state index < -0.39 is 0 Å². The number of hydrogen-bond donors (Lipinski definition) is 2. The third-order valence-electron chi connectivity index (χ3n) is 9.93. The minimum absolute atomic E-state index is 0.0125. The van der Waals surface area contributed by atoms with Crippen molar-refractivity contribution in [2.45, 2.75) is 45.2 Å². The molecule has 0 spiro atoms. The number of fused-ring (bicyclic) bond motifs is 2. The Bertz CT molecular complexity index is 1820. The molecular formula is C38H45N7O. The molecule has 2 saturated heterocycles. The van der Waals surface area contributed by atoms with Gasteiger partial charge in [-0.25, -0.2) is 4.98 Å². The number of aromatic nitrogens is 3. The number of likely N-dealkylation sites (tertiary alicyclic amines) is 2. The molecule has 5 aromatic rings. The number of piperidine rings is 2. The summed E-state index contributed by atoms with van der Waals surface area (Å²) in [5.41, 5.74) is 8.13. The van der Waals surface area contributed by atoms with Gasteiger partial charge in [0.25, 0.3) is 5.91 Å². The Balaban J connectivity index is 1.08. The van der Waals surface area contributed by atoms with Crippen LogP contribution in [0.25, 0.3) is 33.1 Å². The quantitative estimate of drug-likeness (QED) is 0.198. The van der Waals surface area contributed by atoms with Crippen LogP contribution >= 0.6 is 0 Å². The summed E-state index contributed by atoms with van der Waals surface area (Å²) in [5.74, 6) is 0.531. The molecule has 2 N–H and O–H groups in total. The lowest BCUT2D eigenvalue weighted by Gasteiger charge is -2.28. The van der Waals surface area contributed by atoms with E-state index in [-0.39, 0.29) is 5.91 Å². The molecule has 2 aliphatic rings. The summed E-state index contributed by atoms with van der Waals surface area (Å²) >= 11 is 0. The summed E-state index contributed by atoms with van der Waals surface area (Å²) in [6.45, 7) is 7.09. The molecule has 0 unspecified atom stereocenters. The van der Waals surface area contributed by atoms with Gasteiger partial charge in [0.2, 0.25) is 0 Å². The fraction of sp³-hybridized carbons (Fsp3) is 0.395. The lowest BCUT2D eigenvalue weighted by Crippen LogP contribution is -2.37. The normalized spacial score (nSPS) is 16.7. The summed E-state index contributed by atoms with van der Waals surface area (Å²) in [4.78, 5) is 27.5. The van der Waals surface area contributed by atoms with Crippen LogP contribution in [-0.4, -0.2) is 70.0 Å². The highest BCUT2D eigenvalue weighted by Gasteiger charge is 2.20. The van der Waals surface area contributed by atoms with E-state index in [4.69, 9.17) is 4.98 Å². The van der Waals surface area contributed by atoms with Crippen molar-refractivity contribution in [3.63, 3.8) is 0 Å². The Morgan fingerprint density at radius 3 is 2.48 bits per heavy atom. The van der Waals surface area contributed by atoms with Crippen LogP contribution in [0.5, 0.6) is 0 Å². The highest BCUT2D eigenvalue weighted by molar-refractivity contribution is 6.00. The number of carbonyl (C=O) groups excluding carboxylic acids is 1. The molecule has 5 heterocycles. The topological polar surface area (TPSA) is 78.3 Å². The molecule has 2 aliphatic heterocycles. The molecule has 46 heavy (non-hydrogen) atoms. The number of hydrogen-bond acceptors (Lipinski definition) is 6. The first-order chi connectivity index (χ1) is 22.5. The first-order valence-electron chi connectivity index (χ1n) is 16.9. The molecule has 2 aromatic carbocycles. The van der Waals surface area contributed by atoms with Crippen molar-refractivity contribution in [2.75, 3.05) is 45.1 Å². The average Bonchev–Trinajstić information content (AvgIpc) is 3.43. The molecule has 0 atom stereocenters. The standard InChI is InChI=1S/C38H45N7O/c1-43-18-13-28(14-19-43)24-41-38(46)37-21-31-20-30(10-11-36(31)44(37)2)34-22-35(32-25-39-15-12-33(32)42-34)40-23-27-6-8-29(9-7-27)26-45-16-4-3-5-17-45/h6-12,15,20-22,25,28H,3-5,13-14,16-19,23-24,26H2,1-2H3,(H,40,42)(H,41,46). The molecule has 8 heteroatoms. The van der Waals surface area contributed by atoms with Crippen LogP contribution in [0, 0.1) is 5.92 Å². The monoisotopic (exact) mass is 615 g/mol. The highest BCUT2D eigenvalue weighted by Crippen LogP contribution is 2.31. The predicted octanol–water partition coefficient (Wildman–Crippen LogP) is 6.46. The Labute approximate surface area is 271 Å². The van der Waals surface area contributed by atoms with Gasteiger partial charge in [-0.05, 0) is 106 Å². The lowest BCUT2D eigenvalue weighted by atomic mass is 9.97. The molecular weight excluding hydrogens is 570 g/mol. The number of rotatable bonds is 9. The van der Waals surface area contributed by atoms with Crippen LogP contribution in [0.4, 0.5) is 5.69 Å². The highest BCUT2D eigenvalue weighted by atomic mass is 16.1. The Kier molecular flexibility index (Phi) is 8.99. The summed E-state index contributed by atoms with van der Waals surface area (Å²) in [5, 5.41) is 8.90. The van der Waals surface area contributed by atoms with E-state index in [0.29, 0.717) is 18.2 Å². The van der Waals surface area contributed by atoms with Crippen molar-refractivity contribution in [1.29, 1.82) is 0 Å². The van der Waals surface area contributed by atoms with E-state index in [1.807, 2.05) is 29.9 Å². The van der Waals surface area contributed by atoms with Gasteiger partial charge in [0, 0.05) is 66.6 Å². The van der Waals surface area contributed by atoms with Crippen molar-refractivity contribution >= 4 is 33.4 Å². The van der Waals surface area contributed by atoms with Crippen molar-refractivity contribution in [2.24, 2.45) is 13.0 Å². The molecule has 3 aromatic heterocycles. The molecule has 0 radical (unpaired) electrons. The van der Waals surface area contributed by atoms with E-state index >= 15 is 0 Å². The Morgan fingerprint density at radius 1 is 0.891 bits per heavy atom. The number of nitrogens with zero attached hydrogens (tertiary/aromatic N) is 5. The van der Waals surface area contributed by atoms with E-state index in [1.54, 1.807) is 6.20 Å². The van der Waals surface area contributed by atoms with E-state index in [2.05, 4.69) is 81.0 Å². The van der Waals surface area contributed by atoms with Crippen LogP contribution in [-0.2, 0) is 20.1 Å². The fourth-order valence-corrected chi connectivity index (χ4v) is 7.02. The Hall–Kier alpha value is -4.27. The molecule has 7 rings (SSSR count). The molecule has 0 bridgehead atoms. The molecule has 2 fully saturated rings. The largest absolute Gasteiger partial charge is 0.380 e. The minimum atomic E-state index is -0.0125. The van der Waals surface area contributed by atoms with E-state index in [9.17, 15) is 4.79 Å². The smallest absolute Gasteiger partial charge is 0.267 e. The maximum atomic E-state index is 13.2. The van der Waals surface area contributed by atoms with Gasteiger partial charge in [-0.15, -0.1) is 0 Å². The van der Waals surface area contributed by atoms with Gasteiger partial charge in [0.05, 0.1) is 11.2 Å². The third-order valence-corrected chi connectivity index (χ3v) is 9.93. The first kappa shape index (κ1) is 30.4. The summed E-state index contributed by atoms with van der Waals surface area (Å²) in [6.07, 6.45) is 9.93. The predicted molar refractivity (Wildman–Crippen MR) is 187 cm³/mol. The molecule has 238 valence electrons. The van der Waals surface area contributed by atoms with Gasteiger partial charge >= 0.3 is 0 Å². The summed E-state index contributed by atoms with van der Waals surface area (Å²) < 4.78 is 1.99. The van der Waals surface area contributed by atoms with Gasteiger partial charge in [-0.2, -0.15) is 0 Å². The van der Waals surface area contributed by atoms with Crippen LogP contribution < -0.4 is 10.6 Å². The maximum absolute atomic E-state index is 13.2. The fourth-order valence-electron chi connectivity index (χ4n) is 7.02. The van der Waals surface area contributed by atoms with Gasteiger partial charge in [0.1, 0.15) is 5.69 Å². The van der Waals surface area contributed by atoms with E-state index in [0.717, 1.165) is 77.8 Å². The van der Waals surface area contributed by atoms with Crippen LogP contribution in [0.2, 0.25) is 0 Å². The maximum Gasteiger partial charge on any atom is 0.267 e. The summed E-state index contributed by atoms with van der Waals surface area (Å²) in [6, 6.07) is 21.4. The van der Waals surface area contributed by atoms with Crippen molar-refractivity contribution < 1.29 is 4.79 Å². The second-order valence-corrected chi connectivity index (χ2v) is 13.3. The molecule has 0 aliphatic carbocycles. The zero-order chi connectivity index (χ0) is 31.5. The van der Waals surface area contributed by atoms with Gasteiger partial charge in [-0.1, -0.05) is 36.8 Å².